The van der Waals surface area contributed by atoms with Gasteiger partial charge in [0.2, 0.25) is 0 Å². The fourth-order valence-electron chi connectivity index (χ4n) is 0.622. The van der Waals surface area contributed by atoms with Gasteiger partial charge in [-0.1, -0.05) is 13.8 Å². The molecule has 0 bridgehead atoms. The van der Waals surface area contributed by atoms with Crippen LogP contribution in [-0.4, -0.2) is 35.5 Å². The summed E-state index contributed by atoms with van der Waals surface area (Å²) in [5.74, 6) is 0.556. The predicted molar refractivity (Wildman–Crippen MR) is 45.4 cm³/mol. The summed E-state index contributed by atoms with van der Waals surface area (Å²) in [6, 6.07) is 0.385. The maximum absolute atomic E-state index is 8.98. The molecular weight excluding hydrogens is 142 g/mol. The molecule has 0 spiro atoms. The Morgan fingerprint density at radius 3 is 2.18 bits per heavy atom. The van der Waals surface area contributed by atoms with Crippen LogP contribution in [0.2, 0.25) is 0 Å². The molecule has 0 aromatic rings. The first-order chi connectivity index (χ1) is 5.07. The zero-order valence-electron chi connectivity index (χ0n) is 7.54. The van der Waals surface area contributed by atoms with Gasteiger partial charge in [-0.3, -0.25) is 0 Å². The van der Waals surface area contributed by atoms with Gasteiger partial charge < -0.3 is 15.5 Å². The zero-order valence-corrected chi connectivity index (χ0v) is 7.54. The quantitative estimate of drug-likeness (QED) is 0.531. The van der Waals surface area contributed by atoms with Gasteiger partial charge in [0.15, 0.2) is 0 Å². The fraction of sp³-hybridized carbons (Fsp3) is 1.00. The minimum absolute atomic E-state index is 0.169. The van der Waals surface area contributed by atoms with Crippen molar-refractivity contribution in [2.75, 3.05) is 13.2 Å². The SMILES string of the molecule is CC(C)C(C)NCC(O)CO. The highest BCUT2D eigenvalue weighted by molar-refractivity contribution is 4.66. The second-order valence-electron chi connectivity index (χ2n) is 3.28. The van der Waals surface area contributed by atoms with Crippen molar-refractivity contribution in [1.29, 1.82) is 0 Å². The van der Waals surface area contributed by atoms with E-state index in [2.05, 4.69) is 26.1 Å². The van der Waals surface area contributed by atoms with Crippen LogP contribution in [0, 0.1) is 5.92 Å². The number of aliphatic hydroxyl groups is 2. The summed E-state index contributed by atoms with van der Waals surface area (Å²) in [5, 5.41) is 20.6. The van der Waals surface area contributed by atoms with E-state index < -0.39 is 6.10 Å². The Morgan fingerprint density at radius 2 is 1.82 bits per heavy atom. The summed E-state index contributed by atoms with van der Waals surface area (Å²) in [6.07, 6.45) is -0.629. The van der Waals surface area contributed by atoms with E-state index in [0.717, 1.165) is 0 Å². The molecule has 11 heavy (non-hydrogen) atoms. The zero-order chi connectivity index (χ0) is 8.85. The summed E-state index contributed by atoms with van der Waals surface area (Å²) in [7, 11) is 0. The van der Waals surface area contributed by atoms with Gasteiger partial charge in [0.05, 0.1) is 12.7 Å². The molecular formula is C8H19NO2. The van der Waals surface area contributed by atoms with Gasteiger partial charge in [-0.25, -0.2) is 0 Å². The first-order valence-corrected chi connectivity index (χ1v) is 4.10. The van der Waals surface area contributed by atoms with Gasteiger partial charge in [0.1, 0.15) is 0 Å². The van der Waals surface area contributed by atoms with Crippen LogP contribution in [-0.2, 0) is 0 Å². The van der Waals surface area contributed by atoms with E-state index in [1.807, 2.05) is 0 Å². The van der Waals surface area contributed by atoms with Crippen LogP contribution >= 0.6 is 0 Å². The van der Waals surface area contributed by atoms with Crippen LogP contribution in [0.3, 0.4) is 0 Å². The molecule has 0 saturated heterocycles. The van der Waals surface area contributed by atoms with E-state index in [1.165, 1.54) is 0 Å². The molecule has 0 heterocycles. The lowest BCUT2D eigenvalue weighted by Gasteiger charge is -2.18. The average Bonchev–Trinajstić information content (AvgIpc) is 1.99. The van der Waals surface area contributed by atoms with Gasteiger partial charge in [-0.05, 0) is 12.8 Å². The number of hydrogen-bond donors (Lipinski definition) is 3. The number of hydrogen-bond acceptors (Lipinski definition) is 3. The van der Waals surface area contributed by atoms with Crippen molar-refractivity contribution < 1.29 is 10.2 Å². The molecule has 0 radical (unpaired) electrons. The minimum Gasteiger partial charge on any atom is -0.394 e. The van der Waals surface area contributed by atoms with Gasteiger partial charge in [-0.15, -0.1) is 0 Å². The lowest BCUT2D eigenvalue weighted by molar-refractivity contribution is 0.0909. The topological polar surface area (TPSA) is 52.5 Å². The van der Waals surface area contributed by atoms with Crippen molar-refractivity contribution >= 4 is 0 Å². The van der Waals surface area contributed by atoms with Crippen LogP contribution in [0.1, 0.15) is 20.8 Å². The van der Waals surface area contributed by atoms with Crippen LogP contribution in [0.5, 0.6) is 0 Å². The molecule has 0 aliphatic rings. The highest BCUT2D eigenvalue weighted by Gasteiger charge is 2.08. The van der Waals surface area contributed by atoms with Crippen molar-refractivity contribution in [2.45, 2.75) is 32.9 Å². The van der Waals surface area contributed by atoms with Crippen molar-refractivity contribution in [3.05, 3.63) is 0 Å². The standard InChI is InChI=1S/C8H19NO2/c1-6(2)7(3)9-4-8(11)5-10/h6-11H,4-5H2,1-3H3. The second kappa shape index (κ2) is 5.52. The van der Waals surface area contributed by atoms with E-state index in [0.29, 0.717) is 18.5 Å². The van der Waals surface area contributed by atoms with Crippen LogP contribution in [0.25, 0.3) is 0 Å². The van der Waals surface area contributed by atoms with Crippen LogP contribution in [0.4, 0.5) is 0 Å². The summed E-state index contributed by atoms with van der Waals surface area (Å²) in [5.41, 5.74) is 0. The summed E-state index contributed by atoms with van der Waals surface area (Å²) >= 11 is 0. The smallest absolute Gasteiger partial charge is 0.0895 e. The minimum atomic E-state index is -0.629. The van der Waals surface area contributed by atoms with Gasteiger partial charge in [0.25, 0.3) is 0 Å². The number of nitrogens with one attached hydrogen (secondary N) is 1. The Morgan fingerprint density at radius 1 is 1.27 bits per heavy atom. The number of rotatable bonds is 5. The van der Waals surface area contributed by atoms with E-state index in [9.17, 15) is 0 Å². The molecule has 0 amide bonds. The predicted octanol–water partition coefficient (Wildman–Crippen LogP) is -0.0263. The second-order valence-corrected chi connectivity index (χ2v) is 3.28. The molecule has 3 N–H and O–H groups in total. The molecule has 0 fully saturated rings. The molecule has 0 aromatic carbocycles. The maximum atomic E-state index is 8.98. The van der Waals surface area contributed by atoms with E-state index in [-0.39, 0.29) is 6.61 Å². The summed E-state index contributed by atoms with van der Waals surface area (Å²) in [6.45, 7) is 6.59. The van der Waals surface area contributed by atoms with Crippen molar-refractivity contribution in [2.24, 2.45) is 5.92 Å². The Balaban J connectivity index is 3.37. The summed E-state index contributed by atoms with van der Waals surface area (Å²) < 4.78 is 0. The molecule has 2 atom stereocenters. The summed E-state index contributed by atoms with van der Waals surface area (Å²) in [4.78, 5) is 0. The molecule has 0 aliphatic heterocycles. The monoisotopic (exact) mass is 161 g/mol. The lowest BCUT2D eigenvalue weighted by Crippen LogP contribution is -2.37. The highest BCUT2D eigenvalue weighted by atomic mass is 16.3. The van der Waals surface area contributed by atoms with E-state index in [1.54, 1.807) is 0 Å². The first-order valence-electron chi connectivity index (χ1n) is 4.10. The fourth-order valence-corrected chi connectivity index (χ4v) is 0.622. The third-order valence-corrected chi connectivity index (χ3v) is 1.89. The third kappa shape index (κ3) is 5.18. The molecule has 0 saturated carbocycles. The average molecular weight is 161 g/mol. The molecule has 0 rings (SSSR count). The Labute approximate surface area is 68.4 Å². The van der Waals surface area contributed by atoms with Gasteiger partial charge in [-0.2, -0.15) is 0 Å². The Hall–Kier alpha value is -0.120. The molecule has 68 valence electrons. The lowest BCUT2D eigenvalue weighted by atomic mass is 10.1. The van der Waals surface area contributed by atoms with Crippen molar-refractivity contribution in [1.82, 2.24) is 5.32 Å². The van der Waals surface area contributed by atoms with E-state index >= 15 is 0 Å². The van der Waals surface area contributed by atoms with Gasteiger partial charge >= 0.3 is 0 Å². The Kier molecular flexibility index (Phi) is 5.46. The first kappa shape index (κ1) is 10.9. The molecule has 3 nitrogen and oxygen atoms in total. The normalized spacial score (nSPS) is 16.9. The van der Waals surface area contributed by atoms with Crippen molar-refractivity contribution in [3.63, 3.8) is 0 Å². The van der Waals surface area contributed by atoms with Crippen LogP contribution in [0.15, 0.2) is 0 Å². The molecule has 3 heteroatoms. The molecule has 0 aromatic heterocycles. The maximum Gasteiger partial charge on any atom is 0.0895 e. The van der Waals surface area contributed by atoms with Gasteiger partial charge in [0, 0.05) is 12.6 Å². The third-order valence-electron chi connectivity index (χ3n) is 1.89. The van der Waals surface area contributed by atoms with Crippen LogP contribution < -0.4 is 5.32 Å². The van der Waals surface area contributed by atoms with Crippen molar-refractivity contribution in [3.8, 4) is 0 Å². The molecule has 2 unspecified atom stereocenters. The highest BCUT2D eigenvalue weighted by Crippen LogP contribution is 1.98. The molecule has 0 aliphatic carbocycles. The van der Waals surface area contributed by atoms with E-state index in [4.69, 9.17) is 10.2 Å². The Bertz CT molecular complexity index is 96.1. The number of aliphatic hydroxyl groups excluding tert-OH is 2. The largest absolute Gasteiger partial charge is 0.394 e.